The zero-order valence-electron chi connectivity index (χ0n) is 12.9. The summed E-state index contributed by atoms with van der Waals surface area (Å²) in [7, 11) is 0. The number of amides is 1. The van der Waals surface area contributed by atoms with Gasteiger partial charge in [-0.15, -0.1) is 11.3 Å². The molecule has 4 rings (SSSR count). The fraction of sp³-hybridized carbons (Fsp3) is 0. The van der Waals surface area contributed by atoms with Gasteiger partial charge in [-0.3, -0.25) is 4.79 Å². The number of pyridine rings is 1. The predicted molar refractivity (Wildman–Crippen MR) is 102 cm³/mol. The Morgan fingerprint density at radius 2 is 1.80 bits per heavy atom. The molecule has 4 nitrogen and oxygen atoms in total. The summed E-state index contributed by atoms with van der Waals surface area (Å²) >= 11 is 7.45. The number of thiazole rings is 1. The maximum Gasteiger partial charge on any atom is 0.256 e. The smallest absolute Gasteiger partial charge is 0.256 e. The Balaban J connectivity index is 1.53. The number of rotatable bonds is 3. The lowest BCUT2D eigenvalue weighted by atomic mass is 10.2. The van der Waals surface area contributed by atoms with Crippen LogP contribution in [0.25, 0.3) is 20.8 Å². The van der Waals surface area contributed by atoms with E-state index in [1.807, 2.05) is 30.3 Å². The third-order valence-electron chi connectivity index (χ3n) is 3.65. The minimum absolute atomic E-state index is 0.225. The van der Waals surface area contributed by atoms with Crippen LogP contribution in [0.15, 0.2) is 66.9 Å². The van der Waals surface area contributed by atoms with Crippen LogP contribution in [-0.4, -0.2) is 15.9 Å². The van der Waals surface area contributed by atoms with Gasteiger partial charge in [0.1, 0.15) is 10.8 Å². The van der Waals surface area contributed by atoms with Gasteiger partial charge in [0.2, 0.25) is 0 Å². The lowest BCUT2D eigenvalue weighted by Crippen LogP contribution is -2.12. The highest BCUT2D eigenvalue weighted by atomic mass is 35.5. The van der Waals surface area contributed by atoms with Crippen molar-refractivity contribution in [2.24, 2.45) is 0 Å². The lowest BCUT2D eigenvalue weighted by molar-refractivity contribution is 0.102. The van der Waals surface area contributed by atoms with Crippen LogP contribution in [0, 0.1) is 0 Å². The van der Waals surface area contributed by atoms with Crippen LogP contribution < -0.4 is 5.32 Å². The van der Waals surface area contributed by atoms with Crippen molar-refractivity contribution in [2.75, 3.05) is 5.32 Å². The number of carbonyl (C=O) groups excluding carboxylic acids is 1. The summed E-state index contributed by atoms with van der Waals surface area (Å²) in [5.41, 5.74) is 2.43. The number of nitrogens with one attached hydrogen (secondary N) is 1. The molecular formula is C19H12ClN3OS. The molecule has 2 aromatic heterocycles. The molecule has 4 aromatic rings. The molecule has 1 amide bonds. The average molecular weight is 366 g/mol. The highest BCUT2D eigenvalue weighted by molar-refractivity contribution is 7.21. The number of hydrogen-bond donors (Lipinski definition) is 1. The Bertz CT molecular complexity index is 1010. The maximum atomic E-state index is 12.2. The number of halogens is 1. The van der Waals surface area contributed by atoms with E-state index in [9.17, 15) is 4.79 Å². The highest BCUT2D eigenvalue weighted by Crippen LogP contribution is 2.29. The molecule has 0 saturated carbocycles. The van der Waals surface area contributed by atoms with E-state index in [-0.39, 0.29) is 5.91 Å². The van der Waals surface area contributed by atoms with Crippen LogP contribution in [0.5, 0.6) is 0 Å². The topological polar surface area (TPSA) is 54.9 Å². The largest absolute Gasteiger partial charge is 0.307 e. The van der Waals surface area contributed by atoms with Gasteiger partial charge in [0, 0.05) is 22.3 Å². The Morgan fingerprint density at radius 1 is 1.00 bits per heavy atom. The molecule has 1 N–H and O–H groups in total. The summed E-state index contributed by atoms with van der Waals surface area (Å²) in [4.78, 5) is 21.1. The van der Waals surface area contributed by atoms with Gasteiger partial charge in [0.25, 0.3) is 5.91 Å². The van der Waals surface area contributed by atoms with Crippen molar-refractivity contribution in [1.82, 2.24) is 9.97 Å². The number of nitrogens with zero attached hydrogens (tertiary/aromatic N) is 2. The van der Waals surface area contributed by atoms with Gasteiger partial charge in [0.15, 0.2) is 0 Å². The van der Waals surface area contributed by atoms with Crippen LogP contribution in [0.3, 0.4) is 0 Å². The first-order chi connectivity index (χ1) is 12.2. The number of hydrogen-bond acceptors (Lipinski definition) is 4. The third-order valence-corrected chi connectivity index (χ3v) is 4.99. The number of benzene rings is 2. The summed E-state index contributed by atoms with van der Waals surface area (Å²) in [5, 5.41) is 4.27. The van der Waals surface area contributed by atoms with Crippen molar-refractivity contribution < 1.29 is 4.79 Å². The molecule has 0 bridgehead atoms. The SMILES string of the molecule is O=C(Nc1ccc(-c2nc3ccccc3s2)cn1)c1ccc(Cl)cc1. The highest BCUT2D eigenvalue weighted by Gasteiger charge is 2.09. The van der Waals surface area contributed by atoms with Gasteiger partial charge >= 0.3 is 0 Å². The van der Waals surface area contributed by atoms with Crippen LogP contribution >= 0.6 is 22.9 Å². The second-order valence-corrected chi connectivity index (χ2v) is 6.85. The first-order valence-corrected chi connectivity index (χ1v) is 8.77. The van der Waals surface area contributed by atoms with Crippen molar-refractivity contribution in [3.8, 4) is 10.6 Å². The number of carbonyl (C=O) groups is 1. The second-order valence-electron chi connectivity index (χ2n) is 5.38. The van der Waals surface area contributed by atoms with Gasteiger partial charge in [-0.2, -0.15) is 0 Å². The summed E-state index contributed by atoms with van der Waals surface area (Å²) < 4.78 is 1.14. The molecule has 0 unspecified atom stereocenters. The summed E-state index contributed by atoms with van der Waals surface area (Å²) in [6.45, 7) is 0. The van der Waals surface area contributed by atoms with Crippen molar-refractivity contribution in [2.45, 2.75) is 0 Å². The van der Waals surface area contributed by atoms with Gasteiger partial charge in [-0.05, 0) is 48.5 Å². The molecular weight excluding hydrogens is 354 g/mol. The molecule has 122 valence electrons. The fourth-order valence-corrected chi connectivity index (χ4v) is 3.46. The molecule has 0 aliphatic rings. The van der Waals surface area contributed by atoms with E-state index in [0.717, 1.165) is 20.8 Å². The van der Waals surface area contributed by atoms with E-state index in [0.29, 0.717) is 16.4 Å². The summed E-state index contributed by atoms with van der Waals surface area (Å²) in [5.74, 6) is 0.265. The predicted octanol–water partition coefficient (Wildman–Crippen LogP) is 5.26. The Morgan fingerprint density at radius 3 is 2.52 bits per heavy atom. The van der Waals surface area contributed by atoms with E-state index in [1.165, 1.54) is 0 Å². The van der Waals surface area contributed by atoms with Crippen LogP contribution in [0.1, 0.15) is 10.4 Å². The number of anilines is 1. The summed E-state index contributed by atoms with van der Waals surface area (Å²) in [6, 6.07) is 18.4. The normalized spacial score (nSPS) is 10.8. The second kappa shape index (κ2) is 6.63. The summed E-state index contributed by atoms with van der Waals surface area (Å²) in [6.07, 6.45) is 1.72. The first-order valence-electron chi connectivity index (χ1n) is 7.58. The molecule has 0 atom stereocenters. The van der Waals surface area contributed by atoms with Gasteiger partial charge < -0.3 is 5.32 Å². The molecule has 0 fully saturated rings. The first kappa shape index (κ1) is 15.7. The molecule has 0 saturated heterocycles. The van der Waals surface area contributed by atoms with Crippen molar-refractivity contribution >= 4 is 44.9 Å². The standard InChI is InChI=1S/C19H12ClN3OS/c20-14-8-5-12(6-9-14)18(24)23-17-10-7-13(11-21-17)19-22-15-3-1-2-4-16(15)25-19/h1-11H,(H,21,23,24). The van der Waals surface area contributed by atoms with Crippen molar-refractivity contribution in [1.29, 1.82) is 0 Å². The van der Waals surface area contributed by atoms with Gasteiger partial charge in [-0.25, -0.2) is 9.97 Å². The van der Waals surface area contributed by atoms with Gasteiger partial charge in [0.05, 0.1) is 10.2 Å². The Hall–Kier alpha value is -2.76. The average Bonchev–Trinajstić information content (AvgIpc) is 3.07. The van der Waals surface area contributed by atoms with Crippen LogP contribution in [0.4, 0.5) is 5.82 Å². The molecule has 2 aromatic carbocycles. The minimum Gasteiger partial charge on any atom is -0.307 e. The third kappa shape index (κ3) is 3.38. The Labute approximate surface area is 153 Å². The molecule has 25 heavy (non-hydrogen) atoms. The zero-order chi connectivity index (χ0) is 17.2. The van der Waals surface area contributed by atoms with Crippen LogP contribution in [-0.2, 0) is 0 Å². The molecule has 6 heteroatoms. The molecule has 0 spiro atoms. The zero-order valence-corrected chi connectivity index (χ0v) is 14.5. The maximum absolute atomic E-state index is 12.2. The molecule has 0 radical (unpaired) electrons. The van der Waals surface area contributed by atoms with Crippen LogP contribution in [0.2, 0.25) is 5.02 Å². The van der Waals surface area contributed by atoms with Crippen molar-refractivity contribution in [3.05, 3.63) is 77.4 Å². The van der Waals surface area contributed by atoms with E-state index in [4.69, 9.17) is 11.6 Å². The quantitative estimate of drug-likeness (QED) is 0.538. The van der Waals surface area contributed by atoms with E-state index >= 15 is 0 Å². The monoisotopic (exact) mass is 365 g/mol. The molecule has 0 aliphatic carbocycles. The lowest BCUT2D eigenvalue weighted by Gasteiger charge is -2.05. The minimum atomic E-state index is -0.225. The number of aromatic nitrogens is 2. The number of fused-ring (bicyclic) bond motifs is 1. The van der Waals surface area contributed by atoms with Gasteiger partial charge in [-0.1, -0.05) is 23.7 Å². The van der Waals surface area contributed by atoms with E-state index in [1.54, 1.807) is 47.9 Å². The Kier molecular flexibility index (Phi) is 4.17. The van der Waals surface area contributed by atoms with Crippen molar-refractivity contribution in [3.63, 3.8) is 0 Å². The molecule has 2 heterocycles. The van der Waals surface area contributed by atoms with E-state index in [2.05, 4.69) is 15.3 Å². The fourth-order valence-electron chi connectivity index (χ4n) is 2.38. The number of para-hydroxylation sites is 1. The molecule has 0 aliphatic heterocycles. The van der Waals surface area contributed by atoms with E-state index < -0.39 is 0 Å².